The molecule has 0 N–H and O–H groups in total. The molecule has 6 heteroatoms. The molecule has 0 saturated carbocycles. The normalized spacial score (nSPS) is 11.3. The molecule has 0 fully saturated rings. The maximum Gasteiger partial charge on any atom is 0.329 e. The molecule has 0 atom stereocenters. The van der Waals surface area contributed by atoms with E-state index in [2.05, 4.69) is 0 Å². The number of halogens is 1. The highest BCUT2D eigenvalue weighted by Crippen LogP contribution is 2.24. The molecular formula is C22H20FN3O2. The highest BCUT2D eigenvalue weighted by Gasteiger charge is 2.13. The van der Waals surface area contributed by atoms with Crippen LogP contribution in [0.5, 0.6) is 0 Å². The fourth-order valence-corrected chi connectivity index (χ4v) is 3.59. The second-order valence-electron chi connectivity index (χ2n) is 7.09. The Balaban J connectivity index is 1.85. The molecule has 0 bridgehead atoms. The van der Waals surface area contributed by atoms with Crippen LogP contribution in [0.25, 0.3) is 22.2 Å². The Morgan fingerprint density at radius 1 is 0.929 bits per heavy atom. The Morgan fingerprint density at radius 3 is 2.43 bits per heavy atom. The van der Waals surface area contributed by atoms with E-state index >= 15 is 0 Å². The maximum atomic E-state index is 13.5. The molecule has 0 spiro atoms. The smallest absolute Gasteiger partial charge is 0.318 e. The highest BCUT2D eigenvalue weighted by atomic mass is 19.1. The Morgan fingerprint density at radius 2 is 1.71 bits per heavy atom. The first kappa shape index (κ1) is 18.0. The Hall–Kier alpha value is -3.41. The lowest BCUT2D eigenvalue weighted by Gasteiger charge is -2.08. The molecule has 4 rings (SSSR count). The van der Waals surface area contributed by atoms with Gasteiger partial charge in [-0.3, -0.25) is 13.9 Å². The fourth-order valence-electron chi connectivity index (χ4n) is 3.59. The zero-order chi connectivity index (χ0) is 20.0. The molecule has 4 aromatic rings. The van der Waals surface area contributed by atoms with Gasteiger partial charge in [-0.25, -0.2) is 9.18 Å². The lowest BCUT2D eigenvalue weighted by molar-refractivity contribution is 0.623. The van der Waals surface area contributed by atoms with Crippen molar-refractivity contribution in [3.63, 3.8) is 0 Å². The first-order valence-electron chi connectivity index (χ1n) is 8.96. The average molecular weight is 377 g/mol. The number of pyridine rings is 1. The predicted molar refractivity (Wildman–Crippen MR) is 108 cm³/mol. The minimum Gasteiger partial charge on any atom is -0.318 e. The van der Waals surface area contributed by atoms with Crippen molar-refractivity contribution in [1.82, 2.24) is 13.7 Å². The van der Waals surface area contributed by atoms with Crippen LogP contribution in [0.3, 0.4) is 0 Å². The summed E-state index contributed by atoms with van der Waals surface area (Å²) in [6.07, 6.45) is 1.79. The molecule has 0 amide bonds. The van der Waals surface area contributed by atoms with E-state index in [4.69, 9.17) is 0 Å². The van der Waals surface area contributed by atoms with E-state index in [1.54, 1.807) is 53.0 Å². The van der Waals surface area contributed by atoms with Gasteiger partial charge in [-0.05, 0) is 53.9 Å². The van der Waals surface area contributed by atoms with Gasteiger partial charge in [0.1, 0.15) is 5.82 Å². The summed E-state index contributed by atoms with van der Waals surface area (Å²) in [6.45, 7) is 2.09. The van der Waals surface area contributed by atoms with Gasteiger partial charge in [0.15, 0.2) is 0 Å². The first-order chi connectivity index (χ1) is 13.3. The second kappa shape index (κ2) is 6.64. The van der Waals surface area contributed by atoms with E-state index in [9.17, 15) is 14.0 Å². The van der Waals surface area contributed by atoms with Crippen LogP contribution in [0, 0.1) is 12.7 Å². The Bertz CT molecular complexity index is 1300. The lowest BCUT2D eigenvalue weighted by Crippen LogP contribution is -2.22. The zero-order valence-electron chi connectivity index (χ0n) is 15.9. The molecule has 0 radical (unpaired) electrons. The third-order valence-corrected chi connectivity index (χ3v) is 5.07. The van der Waals surface area contributed by atoms with Gasteiger partial charge in [0, 0.05) is 25.9 Å². The number of nitrogens with zero attached hydrogens (tertiary/aromatic N) is 3. The van der Waals surface area contributed by atoms with Gasteiger partial charge in [0.25, 0.3) is 5.56 Å². The number of hydrogen-bond acceptors (Lipinski definition) is 2. The standard InChI is InChI=1S/C22H20FN3O2/c1-14-9-17(13-24(2)21(14)27)16-7-8-19-20(11-16)25(3)22(28)26(19)12-15-5-4-6-18(23)10-15/h4-11,13H,12H2,1-3H3. The Kier molecular flexibility index (Phi) is 4.26. The number of aromatic nitrogens is 3. The van der Waals surface area contributed by atoms with Crippen molar-refractivity contribution >= 4 is 11.0 Å². The molecule has 0 aliphatic heterocycles. The van der Waals surface area contributed by atoms with E-state index < -0.39 is 0 Å². The van der Waals surface area contributed by atoms with Crippen molar-refractivity contribution < 1.29 is 4.39 Å². The van der Waals surface area contributed by atoms with Gasteiger partial charge in [-0.1, -0.05) is 18.2 Å². The third-order valence-electron chi connectivity index (χ3n) is 5.07. The van der Waals surface area contributed by atoms with Crippen molar-refractivity contribution in [3.05, 3.63) is 92.5 Å². The van der Waals surface area contributed by atoms with Crippen LogP contribution in [-0.2, 0) is 20.6 Å². The molecule has 142 valence electrons. The van der Waals surface area contributed by atoms with E-state index in [0.29, 0.717) is 12.1 Å². The van der Waals surface area contributed by atoms with Crippen LogP contribution < -0.4 is 11.2 Å². The van der Waals surface area contributed by atoms with Crippen LogP contribution in [-0.4, -0.2) is 13.7 Å². The van der Waals surface area contributed by atoms with E-state index in [1.807, 2.05) is 24.3 Å². The fraction of sp³-hybridized carbons (Fsp3) is 0.182. The summed E-state index contributed by atoms with van der Waals surface area (Å²) in [5.74, 6) is -0.321. The summed E-state index contributed by atoms with van der Waals surface area (Å²) < 4.78 is 18.3. The van der Waals surface area contributed by atoms with E-state index in [1.165, 1.54) is 12.1 Å². The average Bonchev–Trinajstić information content (AvgIpc) is 2.90. The summed E-state index contributed by atoms with van der Waals surface area (Å²) in [4.78, 5) is 24.7. The van der Waals surface area contributed by atoms with Gasteiger partial charge in [0.05, 0.1) is 17.6 Å². The SMILES string of the molecule is Cc1cc(-c2ccc3c(c2)n(C)c(=O)n3Cc2cccc(F)c2)cn(C)c1=O. The quantitative estimate of drug-likeness (QED) is 0.551. The van der Waals surface area contributed by atoms with Gasteiger partial charge in [-0.15, -0.1) is 0 Å². The summed E-state index contributed by atoms with van der Waals surface area (Å²) in [6, 6.07) is 13.9. The summed E-state index contributed by atoms with van der Waals surface area (Å²) in [5.41, 5.74) is 4.60. The molecule has 2 heterocycles. The van der Waals surface area contributed by atoms with Crippen molar-refractivity contribution in [2.24, 2.45) is 14.1 Å². The zero-order valence-corrected chi connectivity index (χ0v) is 15.9. The number of hydrogen-bond donors (Lipinski definition) is 0. The van der Waals surface area contributed by atoms with Crippen molar-refractivity contribution in [1.29, 1.82) is 0 Å². The lowest BCUT2D eigenvalue weighted by atomic mass is 10.1. The van der Waals surface area contributed by atoms with E-state index in [0.717, 1.165) is 27.7 Å². The molecule has 5 nitrogen and oxygen atoms in total. The van der Waals surface area contributed by atoms with Crippen molar-refractivity contribution in [3.8, 4) is 11.1 Å². The number of imidazole rings is 1. The van der Waals surface area contributed by atoms with E-state index in [-0.39, 0.29) is 17.1 Å². The molecule has 2 aromatic carbocycles. The second-order valence-corrected chi connectivity index (χ2v) is 7.09. The van der Waals surface area contributed by atoms with Gasteiger partial charge < -0.3 is 4.57 Å². The number of rotatable bonds is 3. The van der Waals surface area contributed by atoms with Crippen molar-refractivity contribution in [2.75, 3.05) is 0 Å². The monoisotopic (exact) mass is 377 g/mol. The molecule has 2 aromatic heterocycles. The first-order valence-corrected chi connectivity index (χ1v) is 8.96. The maximum absolute atomic E-state index is 13.5. The Labute approximate surface area is 160 Å². The summed E-state index contributed by atoms with van der Waals surface area (Å²) in [7, 11) is 3.45. The minimum absolute atomic E-state index is 0.0292. The predicted octanol–water partition coefficient (Wildman–Crippen LogP) is 3.20. The van der Waals surface area contributed by atoms with Crippen LogP contribution in [0.1, 0.15) is 11.1 Å². The summed E-state index contributed by atoms with van der Waals surface area (Å²) in [5, 5.41) is 0. The highest BCUT2D eigenvalue weighted by molar-refractivity contribution is 5.82. The minimum atomic E-state index is -0.321. The van der Waals surface area contributed by atoms with Crippen LogP contribution in [0.2, 0.25) is 0 Å². The number of aryl methyl sites for hydroxylation is 3. The van der Waals surface area contributed by atoms with Crippen LogP contribution >= 0.6 is 0 Å². The molecular weight excluding hydrogens is 357 g/mol. The molecule has 0 saturated heterocycles. The van der Waals surface area contributed by atoms with Gasteiger partial charge >= 0.3 is 5.69 Å². The van der Waals surface area contributed by atoms with Crippen LogP contribution in [0.4, 0.5) is 4.39 Å². The van der Waals surface area contributed by atoms with Gasteiger partial charge in [0.2, 0.25) is 0 Å². The molecule has 0 unspecified atom stereocenters. The third kappa shape index (κ3) is 2.97. The number of benzene rings is 2. The van der Waals surface area contributed by atoms with Gasteiger partial charge in [-0.2, -0.15) is 0 Å². The topological polar surface area (TPSA) is 48.9 Å². The molecule has 0 aliphatic carbocycles. The van der Waals surface area contributed by atoms with Crippen molar-refractivity contribution in [2.45, 2.75) is 13.5 Å². The largest absolute Gasteiger partial charge is 0.329 e. The van der Waals surface area contributed by atoms with Crippen LogP contribution in [0.15, 0.2) is 64.3 Å². The summed E-state index contributed by atoms with van der Waals surface area (Å²) >= 11 is 0. The number of fused-ring (bicyclic) bond motifs is 1. The molecule has 28 heavy (non-hydrogen) atoms. The molecule has 0 aliphatic rings.